The van der Waals surface area contributed by atoms with Gasteiger partial charge in [-0.05, 0) is 25.5 Å². The number of hydrogen-bond donors (Lipinski definition) is 1. The summed E-state index contributed by atoms with van der Waals surface area (Å²) < 4.78 is 7.55. The van der Waals surface area contributed by atoms with Crippen molar-refractivity contribution in [1.29, 1.82) is 0 Å². The fourth-order valence-electron chi connectivity index (χ4n) is 1.71. The third kappa shape index (κ3) is 2.56. The molecule has 1 aromatic rings. The van der Waals surface area contributed by atoms with Crippen LogP contribution in [0.15, 0.2) is 12.3 Å². The minimum absolute atomic E-state index is 0.366. The van der Waals surface area contributed by atoms with E-state index >= 15 is 0 Å². The predicted octanol–water partition coefficient (Wildman–Crippen LogP) is 0.689. The molecule has 4 heteroatoms. The Bertz CT molecular complexity index is 279. The number of hydrogen-bond acceptors (Lipinski definition) is 3. The molecule has 0 bridgehead atoms. The monoisotopic (exact) mass is 195 g/mol. The molecule has 1 fully saturated rings. The Morgan fingerprint density at radius 1 is 1.71 bits per heavy atom. The van der Waals surface area contributed by atoms with Crippen LogP contribution in [0.5, 0.6) is 0 Å². The van der Waals surface area contributed by atoms with E-state index in [0.717, 1.165) is 18.8 Å². The van der Waals surface area contributed by atoms with E-state index < -0.39 is 0 Å². The molecule has 78 valence electrons. The van der Waals surface area contributed by atoms with Crippen LogP contribution >= 0.6 is 0 Å². The second-order valence-corrected chi connectivity index (χ2v) is 3.76. The van der Waals surface area contributed by atoms with Crippen molar-refractivity contribution in [1.82, 2.24) is 15.1 Å². The third-order valence-electron chi connectivity index (χ3n) is 2.49. The molecular weight excluding hydrogens is 178 g/mol. The lowest BCUT2D eigenvalue weighted by molar-refractivity contribution is 0.0234. The molecule has 14 heavy (non-hydrogen) atoms. The van der Waals surface area contributed by atoms with E-state index in [0.29, 0.717) is 12.7 Å². The Morgan fingerprint density at radius 3 is 3.29 bits per heavy atom. The Hall–Kier alpha value is -0.870. The van der Waals surface area contributed by atoms with E-state index in [4.69, 9.17) is 4.74 Å². The highest BCUT2D eigenvalue weighted by atomic mass is 16.5. The highest BCUT2D eigenvalue weighted by molar-refractivity contribution is 4.96. The van der Waals surface area contributed by atoms with Crippen molar-refractivity contribution in [3.8, 4) is 0 Å². The highest BCUT2D eigenvalue weighted by Crippen LogP contribution is 2.08. The van der Waals surface area contributed by atoms with Crippen molar-refractivity contribution in [2.75, 3.05) is 13.1 Å². The lowest BCUT2D eigenvalue weighted by Gasteiger charge is -2.22. The van der Waals surface area contributed by atoms with Crippen LogP contribution in [0.2, 0.25) is 0 Å². The standard InChI is InChI=1S/C10H17N3O/c1-13-6-4-9(12-13)8-14-10-3-2-5-11-7-10/h4,6,10-11H,2-3,5,7-8H2,1H3/t10-/m0/s1. The minimum Gasteiger partial charge on any atom is -0.371 e. The lowest BCUT2D eigenvalue weighted by atomic mass is 10.1. The summed E-state index contributed by atoms with van der Waals surface area (Å²) in [5.41, 5.74) is 1.01. The molecule has 1 aliphatic rings. The fraction of sp³-hybridized carbons (Fsp3) is 0.700. The van der Waals surface area contributed by atoms with Crippen LogP contribution in [0.3, 0.4) is 0 Å². The summed E-state index contributed by atoms with van der Waals surface area (Å²) in [6, 6.07) is 2.00. The topological polar surface area (TPSA) is 39.1 Å². The van der Waals surface area contributed by atoms with Crippen LogP contribution in [0.4, 0.5) is 0 Å². The SMILES string of the molecule is Cn1ccc(CO[C@H]2CCCNC2)n1. The van der Waals surface area contributed by atoms with Crippen LogP contribution in [0, 0.1) is 0 Å². The van der Waals surface area contributed by atoms with E-state index in [2.05, 4.69) is 10.4 Å². The maximum Gasteiger partial charge on any atom is 0.0910 e. The van der Waals surface area contributed by atoms with Gasteiger partial charge in [0.15, 0.2) is 0 Å². The van der Waals surface area contributed by atoms with Crippen LogP contribution in [-0.2, 0) is 18.4 Å². The molecule has 0 spiro atoms. The third-order valence-corrected chi connectivity index (χ3v) is 2.49. The average Bonchev–Trinajstić information content (AvgIpc) is 2.63. The van der Waals surface area contributed by atoms with Gasteiger partial charge in [0.25, 0.3) is 0 Å². The summed E-state index contributed by atoms with van der Waals surface area (Å²) in [7, 11) is 1.92. The summed E-state index contributed by atoms with van der Waals surface area (Å²) in [4.78, 5) is 0. The number of aryl methyl sites for hydroxylation is 1. The summed E-state index contributed by atoms with van der Waals surface area (Å²) in [5, 5.41) is 7.59. The molecule has 1 saturated heterocycles. The maximum atomic E-state index is 5.74. The summed E-state index contributed by atoms with van der Waals surface area (Å²) in [6.45, 7) is 2.74. The summed E-state index contributed by atoms with van der Waals surface area (Å²) >= 11 is 0. The Balaban J connectivity index is 1.76. The number of nitrogens with zero attached hydrogens (tertiary/aromatic N) is 2. The highest BCUT2D eigenvalue weighted by Gasteiger charge is 2.13. The van der Waals surface area contributed by atoms with E-state index in [-0.39, 0.29) is 0 Å². The summed E-state index contributed by atoms with van der Waals surface area (Å²) in [6.07, 6.45) is 4.69. The number of ether oxygens (including phenoxy) is 1. The van der Waals surface area contributed by atoms with Crippen LogP contribution in [0.1, 0.15) is 18.5 Å². The molecule has 1 N–H and O–H groups in total. The van der Waals surface area contributed by atoms with Crippen LogP contribution in [0.25, 0.3) is 0 Å². The minimum atomic E-state index is 0.366. The van der Waals surface area contributed by atoms with Crippen molar-refractivity contribution in [3.63, 3.8) is 0 Å². The molecule has 0 aromatic carbocycles. The van der Waals surface area contributed by atoms with Gasteiger partial charge in [-0.1, -0.05) is 0 Å². The van der Waals surface area contributed by atoms with Gasteiger partial charge in [-0.3, -0.25) is 4.68 Å². The van der Waals surface area contributed by atoms with Crippen molar-refractivity contribution < 1.29 is 4.74 Å². The average molecular weight is 195 g/mol. The first-order chi connectivity index (χ1) is 6.84. The molecule has 0 radical (unpaired) electrons. The molecule has 2 heterocycles. The molecule has 0 unspecified atom stereocenters. The molecule has 1 aromatic heterocycles. The Morgan fingerprint density at radius 2 is 2.64 bits per heavy atom. The maximum absolute atomic E-state index is 5.74. The lowest BCUT2D eigenvalue weighted by Crippen LogP contribution is -2.35. The van der Waals surface area contributed by atoms with Crippen molar-refractivity contribution >= 4 is 0 Å². The quantitative estimate of drug-likeness (QED) is 0.771. The molecule has 0 amide bonds. The second-order valence-electron chi connectivity index (χ2n) is 3.76. The van der Waals surface area contributed by atoms with Gasteiger partial charge in [0.1, 0.15) is 0 Å². The van der Waals surface area contributed by atoms with Gasteiger partial charge in [-0.2, -0.15) is 5.10 Å². The predicted molar refractivity (Wildman–Crippen MR) is 53.9 cm³/mol. The van der Waals surface area contributed by atoms with Crippen molar-refractivity contribution in [3.05, 3.63) is 18.0 Å². The molecule has 1 atom stereocenters. The van der Waals surface area contributed by atoms with Gasteiger partial charge in [0.05, 0.1) is 18.4 Å². The van der Waals surface area contributed by atoms with Crippen molar-refractivity contribution in [2.45, 2.75) is 25.6 Å². The molecule has 0 saturated carbocycles. The Labute approximate surface area is 84.3 Å². The molecule has 1 aliphatic heterocycles. The number of rotatable bonds is 3. The van der Waals surface area contributed by atoms with Gasteiger partial charge < -0.3 is 10.1 Å². The molecule has 0 aliphatic carbocycles. The van der Waals surface area contributed by atoms with Crippen LogP contribution in [-0.4, -0.2) is 29.0 Å². The van der Waals surface area contributed by atoms with Gasteiger partial charge in [-0.15, -0.1) is 0 Å². The summed E-state index contributed by atoms with van der Waals surface area (Å²) in [5.74, 6) is 0. The van der Waals surface area contributed by atoms with Gasteiger partial charge in [0.2, 0.25) is 0 Å². The van der Waals surface area contributed by atoms with Gasteiger partial charge in [-0.25, -0.2) is 0 Å². The zero-order chi connectivity index (χ0) is 9.80. The normalized spacial score (nSPS) is 22.5. The first-order valence-corrected chi connectivity index (χ1v) is 5.15. The zero-order valence-corrected chi connectivity index (χ0v) is 8.57. The molecular formula is C10H17N3O. The second kappa shape index (κ2) is 4.57. The van der Waals surface area contributed by atoms with E-state index in [1.54, 1.807) is 4.68 Å². The largest absolute Gasteiger partial charge is 0.371 e. The van der Waals surface area contributed by atoms with E-state index in [1.165, 1.54) is 12.8 Å². The Kier molecular flexibility index (Phi) is 3.16. The molecule has 2 rings (SSSR count). The number of aromatic nitrogens is 2. The number of nitrogens with one attached hydrogen (secondary N) is 1. The van der Waals surface area contributed by atoms with Gasteiger partial charge in [0, 0.05) is 19.8 Å². The zero-order valence-electron chi connectivity index (χ0n) is 8.57. The fourth-order valence-corrected chi connectivity index (χ4v) is 1.71. The smallest absolute Gasteiger partial charge is 0.0910 e. The van der Waals surface area contributed by atoms with Crippen molar-refractivity contribution in [2.24, 2.45) is 7.05 Å². The first kappa shape index (κ1) is 9.68. The van der Waals surface area contributed by atoms with E-state index in [1.807, 2.05) is 19.3 Å². The molecule has 4 nitrogen and oxygen atoms in total. The number of piperidine rings is 1. The van der Waals surface area contributed by atoms with Gasteiger partial charge >= 0.3 is 0 Å². The van der Waals surface area contributed by atoms with E-state index in [9.17, 15) is 0 Å². The van der Waals surface area contributed by atoms with Crippen LogP contribution < -0.4 is 5.32 Å². The first-order valence-electron chi connectivity index (χ1n) is 5.15.